The van der Waals surface area contributed by atoms with E-state index in [0.717, 1.165) is 36.0 Å². The van der Waals surface area contributed by atoms with Crippen LogP contribution in [0.25, 0.3) is 0 Å². The number of thiazole rings is 1. The Bertz CT molecular complexity index is 650. The zero-order valence-electron chi connectivity index (χ0n) is 13.0. The van der Waals surface area contributed by atoms with Crippen molar-refractivity contribution in [2.75, 3.05) is 18.5 Å². The number of nitrogens with one attached hydrogen (secondary N) is 2. The molecule has 0 aliphatic carbocycles. The summed E-state index contributed by atoms with van der Waals surface area (Å²) < 4.78 is 5.32. The van der Waals surface area contributed by atoms with Crippen molar-refractivity contribution in [2.24, 2.45) is 0 Å². The first-order valence-electron chi connectivity index (χ1n) is 7.76. The van der Waals surface area contributed by atoms with Crippen LogP contribution in [0.15, 0.2) is 23.7 Å². The summed E-state index contributed by atoms with van der Waals surface area (Å²) in [5, 5.41) is 9.11. The van der Waals surface area contributed by atoms with E-state index < -0.39 is 0 Å². The van der Waals surface area contributed by atoms with Gasteiger partial charge in [0.25, 0.3) is 5.91 Å². The Morgan fingerprint density at radius 2 is 2.39 bits per heavy atom. The fourth-order valence-corrected chi connectivity index (χ4v) is 3.14. The molecule has 3 rings (SSSR count). The van der Waals surface area contributed by atoms with E-state index in [1.165, 1.54) is 0 Å². The summed E-state index contributed by atoms with van der Waals surface area (Å²) in [6, 6.07) is 3.91. The van der Waals surface area contributed by atoms with E-state index >= 15 is 0 Å². The maximum Gasteiger partial charge on any atom is 0.253 e. The van der Waals surface area contributed by atoms with Gasteiger partial charge >= 0.3 is 0 Å². The molecule has 2 N–H and O–H groups in total. The lowest BCUT2D eigenvalue weighted by atomic mass is 10.2. The van der Waals surface area contributed by atoms with Gasteiger partial charge in [0.15, 0.2) is 0 Å². The number of aromatic nitrogens is 2. The van der Waals surface area contributed by atoms with Crippen LogP contribution in [0.5, 0.6) is 0 Å². The molecule has 2 aromatic rings. The highest BCUT2D eigenvalue weighted by molar-refractivity contribution is 7.09. The molecule has 1 saturated heterocycles. The van der Waals surface area contributed by atoms with Crippen molar-refractivity contribution < 1.29 is 9.53 Å². The molecule has 2 aromatic heterocycles. The first-order chi connectivity index (χ1) is 11.2. The van der Waals surface area contributed by atoms with Crippen LogP contribution < -0.4 is 10.6 Å². The monoisotopic (exact) mass is 332 g/mol. The highest BCUT2D eigenvalue weighted by Gasteiger charge is 2.15. The number of rotatable bonds is 6. The third-order valence-corrected chi connectivity index (χ3v) is 4.57. The zero-order chi connectivity index (χ0) is 16.1. The lowest BCUT2D eigenvalue weighted by Crippen LogP contribution is -2.23. The van der Waals surface area contributed by atoms with E-state index in [-0.39, 0.29) is 5.91 Å². The quantitative estimate of drug-likeness (QED) is 0.848. The zero-order valence-corrected chi connectivity index (χ0v) is 13.9. The molecule has 122 valence electrons. The van der Waals surface area contributed by atoms with Crippen LogP contribution in [-0.4, -0.2) is 35.1 Å². The Labute approximate surface area is 139 Å². The first-order valence-corrected chi connectivity index (χ1v) is 8.64. The number of hydrogen-bond acceptors (Lipinski definition) is 6. The van der Waals surface area contributed by atoms with Crippen molar-refractivity contribution in [3.05, 3.63) is 40.0 Å². The number of carbonyl (C=O) groups excluding carboxylic acids is 1. The summed E-state index contributed by atoms with van der Waals surface area (Å²) in [7, 11) is 0. The molecule has 6 nitrogen and oxygen atoms in total. The molecule has 7 heteroatoms. The molecule has 0 aromatic carbocycles. The number of aryl methyl sites for hydroxylation is 1. The van der Waals surface area contributed by atoms with Crippen molar-refractivity contribution in [3.63, 3.8) is 0 Å². The number of carbonyl (C=O) groups is 1. The second-order valence-corrected chi connectivity index (χ2v) is 6.35. The van der Waals surface area contributed by atoms with Gasteiger partial charge in [-0.3, -0.25) is 4.79 Å². The molecule has 0 saturated carbocycles. The Kier molecular flexibility index (Phi) is 5.19. The molecule has 1 atom stereocenters. The van der Waals surface area contributed by atoms with Crippen LogP contribution in [0.1, 0.15) is 34.4 Å². The average molecular weight is 332 g/mol. The second kappa shape index (κ2) is 7.52. The molecule has 0 spiro atoms. The van der Waals surface area contributed by atoms with Gasteiger partial charge in [0.2, 0.25) is 0 Å². The van der Waals surface area contributed by atoms with Gasteiger partial charge in [0.1, 0.15) is 10.8 Å². The van der Waals surface area contributed by atoms with E-state index in [4.69, 9.17) is 4.74 Å². The highest BCUT2D eigenvalue weighted by atomic mass is 32.1. The van der Waals surface area contributed by atoms with E-state index in [2.05, 4.69) is 27.5 Å². The largest absolute Gasteiger partial charge is 0.379 e. The van der Waals surface area contributed by atoms with Crippen LogP contribution in [-0.2, 0) is 17.7 Å². The number of ether oxygens (including phenoxy) is 1. The Balaban J connectivity index is 1.52. The first kappa shape index (κ1) is 15.9. The van der Waals surface area contributed by atoms with Crippen molar-refractivity contribution >= 4 is 23.1 Å². The highest BCUT2D eigenvalue weighted by Crippen LogP contribution is 2.13. The molecule has 0 bridgehead atoms. The lowest BCUT2D eigenvalue weighted by molar-refractivity contribution is 0.0950. The van der Waals surface area contributed by atoms with Crippen LogP contribution in [0, 0.1) is 0 Å². The Hall–Kier alpha value is -1.99. The standard InChI is InChI=1S/C16H20N4O2S/c1-2-12-10-23-15(20-12)8-18-16(21)11-3-4-14(17-7-11)19-13-5-6-22-9-13/h3-4,7,10,13H,2,5-6,8-9H2,1H3,(H,17,19)(H,18,21). The fourth-order valence-electron chi connectivity index (χ4n) is 2.32. The third kappa shape index (κ3) is 4.27. The van der Waals surface area contributed by atoms with Crippen molar-refractivity contribution in [1.82, 2.24) is 15.3 Å². The summed E-state index contributed by atoms with van der Waals surface area (Å²) in [6.07, 6.45) is 3.49. The molecule has 0 radical (unpaired) electrons. The van der Waals surface area contributed by atoms with Gasteiger partial charge in [-0.1, -0.05) is 6.92 Å². The summed E-state index contributed by atoms with van der Waals surface area (Å²) in [6.45, 7) is 4.01. The van der Waals surface area contributed by atoms with Crippen LogP contribution in [0.3, 0.4) is 0 Å². The molecule has 3 heterocycles. The van der Waals surface area contributed by atoms with E-state index in [9.17, 15) is 4.79 Å². The van der Waals surface area contributed by atoms with E-state index in [0.29, 0.717) is 24.8 Å². The number of amides is 1. The predicted octanol–water partition coefficient (Wildman–Crippen LogP) is 2.23. The van der Waals surface area contributed by atoms with Gasteiger partial charge in [0.05, 0.1) is 30.5 Å². The number of nitrogens with zero attached hydrogens (tertiary/aromatic N) is 2. The third-order valence-electron chi connectivity index (χ3n) is 3.67. The summed E-state index contributed by atoms with van der Waals surface area (Å²) in [5.74, 6) is 0.631. The molecule has 23 heavy (non-hydrogen) atoms. The number of pyridine rings is 1. The maximum atomic E-state index is 12.1. The number of anilines is 1. The van der Waals surface area contributed by atoms with Crippen molar-refractivity contribution in [3.8, 4) is 0 Å². The molecule has 1 amide bonds. The van der Waals surface area contributed by atoms with Gasteiger partial charge in [0, 0.05) is 18.2 Å². The van der Waals surface area contributed by atoms with Crippen molar-refractivity contribution in [2.45, 2.75) is 32.4 Å². The minimum Gasteiger partial charge on any atom is -0.379 e. The molecule has 1 unspecified atom stereocenters. The van der Waals surface area contributed by atoms with Crippen molar-refractivity contribution in [1.29, 1.82) is 0 Å². The van der Waals surface area contributed by atoms with Gasteiger partial charge in [-0.15, -0.1) is 11.3 Å². The van der Waals surface area contributed by atoms with E-state index in [1.807, 2.05) is 11.4 Å². The molecule has 1 fully saturated rings. The Morgan fingerprint density at radius 3 is 3.04 bits per heavy atom. The molecular weight excluding hydrogens is 312 g/mol. The summed E-state index contributed by atoms with van der Waals surface area (Å²) in [4.78, 5) is 20.9. The molecule has 1 aliphatic heterocycles. The molecule has 1 aliphatic rings. The lowest BCUT2D eigenvalue weighted by Gasteiger charge is -2.11. The molecular formula is C16H20N4O2S. The van der Waals surface area contributed by atoms with Gasteiger partial charge in [-0.25, -0.2) is 9.97 Å². The topological polar surface area (TPSA) is 76.1 Å². The second-order valence-electron chi connectivity index (χ2n) is 5.41. The normalized spacial score (nSPS) is 17.2. The summed E-state index contributed by atoms with van der Waals surface area (Å²) in [5.41, 5.74) is 1.61. The Morgan fingerprint density at radius 1 is 1.48 bits per heavy atom. The van der Waals surface area contributed by atoms with Crippen LogP contribution >= 0.6 is 11.3 Å². The SMILES string of the molecule is CCc1csc(CNC(=O)c2ccc(NC3CCOC3)nc2)n1. The minimum atomic E-state index is -0.138. The predicted molar refractivity (Wildman–Crippen MR) is 89.7 cm³/mol. The van der Waals surface area contributed by atoms with E-state index in [1.54, 1.807) is 23.6 Å². The van der Waals surface area contributed by atoms with Gasteiger partial charge in [-0.05, 0) is 25.0 Å². The average Bonchev–Trinajstić information content (AvgIpc) is 3.24. The van der Waals surface area contributed by atoms with Gasteiger partial charge < -0.3 is 15.4 Å². The maximum absolute atomic E-state index is 12.1. The summed E-state index contributed by atoms with van der Waals surface area (Å²) >= 11 is 1.57. The number of hydrogen-bond donors (Lipinski definition) is 2. The fraction of sp³-hybridized carbons (Fsp3) is 0.438. The van der Waals surface area contributed by atoms with Crippen LogP contribution in [0.2, 0.25) is 0 Å². The minimum absolute atomic E-state index is 0.138. The smallest absolute Gasteiger partial charge is 0.253 e. The van der Waals surface area contributed by atoms with Crippen LogP contribution in [0.4, 0.5) is 5.82 Å². The van der Waals surface area contributed by atoms with Gasteiger partial charge in [-0.2, -0.15) is 0 Å².